The number of rotatable bonds is 50. The molecule has 0 aliphatic carbocycles. The quantitative estimate of drug-likeness (QED) is 0.0344. The number of hydrogen-bond donors (Lipinski definition) is 0. The van der Waals surface area contributed by atoms with Crippen LogP contribution >= 0.6 is 0 Å². The summed E-state index contributed by atoms with van der Waals surface area (Å²) >= 11 is 0. The second-order valence-electron chi connectivity index (χ2n) is 20.2. The number of ether oxygens (including phenoxy) is 3. The molecule has 0 rings (SSSR count). The molecule has 0 radical (unpaired) electrons. The Morgan fingerprint density at radius 1 is 0.306 bits per heavy atom. The first-order valence-corrected chi connectivity index (χ1v) is 27.7. The van der Waals surface area contributed by atoms with Crippen molar-refractivity contribution in [1.82, 2.24) is 0 Å². The summed E-state index contributed by atoms with van der Waals surface area (Å²) in [4.78, 5) is 38.0. The molecule has 6 nitrogen and oxygen atoms in total. The summed E-state index contributed by atoms with van der Waals surface area (Å²) in [5.74, 6) is 0.835. The highest BCUT2D eigenvalue weighted by Gasteiger charge is 2.19. The summed E-state index contributed by atoms with van der Waals surface area (Å²) in [6.07, 6.45) is 50.9. The highest BCUT2D eigenvalue weighted by Crippen LogP contribution is 2.18. The van der Waals surface area contributed by atoms with E-state index in [-0.39, 0.29) is 31.1 Å². The van der Waals surface area contributed by atoms with Crippen LogP contribution in [0.2, 0.25) is 0 Å². The molecule has 0 saturated carbocycles. The molecule has 0 heterocycles. The van der Waals surface area contributed by atoms with Gasteiger partial charge in [-0.15, -0.1) is 0 Å². The second-order valence-corrected chi connectivity index (χ2v) is 20.2. The van der Waals surface area contributed by atoms with Gasteiger partial charge < -0.3 is 14.2 Å². The van der Waals surface area contributed by atoms with E-state index >= 15 is 0 Å². The minimum atomic E-state index is -0.762. The normalized spacial score (nSPS) is 12.0. The Kier molecular flexibility index (Phi) is 47.6. The molecule has 0 aromatic rings. The van der Waals surface area contributed by atoms with E-state index in [9.17, 15) is 14.4 Å². The van der Waals surface area contributed by atoms with Gasteiger partial charge in [-0.25, -0.2) is 0 Å². The van der Waals surface area contributed by atoms with Crippen molar-refractivity contribution in [2.24, 2.45) is 11.8 Å². The van der Waals surface area contributed by atoms with Gasteiger partial charge in [0.1, 0.15) is 13.2 Å². The molecule has 368 valence electrons. The van der Waals surface area contributed by atoms with E-state index in [1.165, 1.54) is 199 Å². The van der Waals surface area contributed by atoms with Gasteiger partial charge in [0.05, 0.1) is 0 Å². The van der Waals surface area contributed by atoms with Gasteiger partial charge in [0.2, 0.25) is 0 Å². The van der Waals surface area contributed by atoms with E-state index in [1.807, 2.05) is 0 Å². The molecule has 0 spiro atoms. The van der Waals surface area contributed by atoms with Crippen LogP contribution in [-0.4, -0.2) is 37.2 Å². The summed E-state index contributed by atoms with van der Waals surface area (Å²) in [5.41, 5.74) is 0. The average Bonchev–Trinajstić information content (AvgIpc) is 3.24. The predicted octanol–water partition coefficient (Wildman–Crippen LogP) is 18.1. The molecular formula is C56H108O6. The Morgan fingerprint density at radius 3 is 0.790 bits per heavy atom. The lowest BCUT2D eigenvalue weighted by Crippen LogP contribution is -2.30. The van der Waals surface area contributed by atoms with Crippen LogP contribution < -0.4 is 0 Å². The number of esters is 3. The molecule has 0 amide bonds. The summed E-state index contributed by atoms with van der Waals surface area (Å²) in [5, 5.41) is 0. The zero-order chi connectivity index (χ0) is 45.4. The van der Waals surface area contributed by atoms with E-state index in [0.717, 1.165) is 69.6 Å². The third-order valence-electron chi connectivity index (χ3n) is 12.7. The molecule has 1 atom stereocenters. The Balaban J connectivity index is 4.27. The van der Waals surface area contributed by atoms with Crippen LogP contribution in [0.4, 0.5) is 0 Å². The molecule has 0 N–H and O–H groups in total. The van der Waals surface area contributed by atoms with Crippen LogP contribution in [0.15, 0.2) is 0 Å². The van der Waals surface area contributed by atoms with Gasteiger partial charge in [-0.1, -0.05) is 272 Å². The zero-order valence-electron chi connectivity index (χ0n) is 42.5. The lowest BCUT2D eigenvalue weighted by atomic mass is 10.0. The van der Waals surface area contributed by atoms with Crippen LogP contribution in [0.1, 0.15) is 311 Å². The van der Waals surface area contributed by atoms with Gasteiger partial charge in [0.25, 0.3) is 0 Å². The fourth-order valence-electron chi connectivity index (χ4n) is 8.52. The molecular weight excluding hydrogens is 769 g/mol. The largest absolute Gasteiger partial charge is 0.462 e. The van der Waals surface area contributed by atoms with E-state index < -0.39 is 6.10 Å². The highest BCUT2D eigenvalue weighted by atomic mass is 16.6. The first-order valence-electron chi connectivity index (χ1n) is 27.7. The maximum absolute atomic E-state index is 12.8. The van der Waals surface area contributed by atoms with Gasteiger partial charge in [-0.2, -0.15) is 0 Å². The molecule has 0 unspecified atom stereocenters. The van der Waals surface area contributed by atoms with Crippen molar-refractivity contribution in [3.63, 3.8) is 0 Å². The standard InChI is InChI=1S/C56H108O6/c1-6-7-8-9-10-11-19-26-31-36-41-46-54(57)60-49-53(50-61-55(58)47-42-37-32-27-23-18-21-25-30-35-40-45-52(4)5)62-56(59)48-43-38-33-28-22-17-15-13-12-14-16-20-24-29-34-39-44-51(2)3/h51-53H,6-50H2,1-5H3/t53-/m0/s1. The number of hydrogen-bond acceptors (Lipinski definition) is 6. The summed E-state index contributed by atoms with van der Waals surface area (Å²) in [6.45, 7) is 11.4. The van der Waals surface area contributed by atoms with Crippen molar-refractivity contribution >= 4 is 17.9 Å². The van der Waals surface area contributed by atoms with Gasteiger partial charge >= 0.3 is 17.9 Å². The number of carbonyl (C=O) groups is 3. The third kappa shape index (κ3) is 49.4. The Morgan fingerprint density at radius 2 is 0.532 bits per heavy atom. The third-order valence-corrected chi connectivity index (χ3v) is 12.7. The summed E-state index contributed by atoms with van der Waals surface area (Å²) < 4.78 is 16.8. The maximum Gasteiger partial charge on any atom is 0.306 e. The minimum Gasteiger partial charge on any atom is -0.462 e. The lowest BCUT2D eigenvalue weighted by Gasteiger charge is -2.18. The lowest BCUT2D eigenvalue weighted by molar-refractivity contribution is -0.167. The van der Waals surface area contributed by atoms with Gasteiger partial charge in [0, 0.05) is 19.3 Å². The number of carbonyl (C=O) groups excluding carboxylic acids is 3. The van der Waals surface area contributed by atoms with Crippen molar-refractivity contribution in [3.05, 3.63) is 0 Å². The fraction of sp³-hybridized carbons (Fsp3) is 0.946. The SMILES string of the molecule is CCCCCCCCCCCCCC(=O)OC[C@@H](COC(=O)CCCCCCCCCCCCCC(C)C)OC(=O)CCCCCCCCCCCCCCCCCCC(C)C. The zero-order valence-corrected chi connectivity index (χ0v) is 42.5. The van der Waals surface area contributed by atoms with Gasteiger partial charge in [-0.3, -0.25) is 14.4 Å². The van der Waals surface area contributed by atoms with Crippen LogP contribution in [-0.2, 0) is 28.6 Å². The summed E-state index contributed by atoms with van der Waals surface area (Å²) in [7, 11) is 0. The monoisotopic (exact) mass is 877 g/mol. The molecule has 0 aliphatic rings. The van der Waals surface area contributed by atoms with Crippen LogP contribution in [0, 0.1) is 11.8 Å². The van der Waals surface area contributed by atoms with Crippen LogP contribution in [0.3, 0.4) is 0 Å². The Labute approximate surface area is 387 Å². The van der Waals surface area contributed by atoms with Crippen molar-refractivity contribution in [1.29, 1.82) is 0 Å². The Hall–Kier alpha value is -1.59. The molecule has 6 heteroatoms. The minimum absolute atomic E-state index is 0.0631. The molecule has 0 aliphatic heterocycles. The van der Waals surface area contributed by atoms with Crippen molar-refractivity contribution in [3.8, 4) is 0 Å². The highest BCUT2D eigenvalue weighted by molar-refractivity contribution is 5.71. The number of unbranched alkanes of at least 4 members (excludes halogenated alkanes) is 35. The Bertz CT molecular complexity index is 947. The van der Waals surface area contributed by atoms with Gasteiger partial charge in [-0.05, 0) is 31.1 Å². The van der Waals surface area contributed by atoms with E-state index in [4.69, 9.17) is 14.2 Å². The van der Waals surface area contributed by atoms with Crippen molar-refractivity contribution < 1.29 is 28.6 Å². The smallest absolute Gasteiger partial charge is 0.306 e. The summed E-state index contributed by atoms with van der Waals surface area (Å²) in [6, 6.07) is 0. The fourth-order valence-corrected chi connectivity index (χ4v) is 8.52. The van der Waals surface area contributed by atoms with Crippen molar-refractivity contribution in [2.75, 3.05) is 13.2 Å². The topological polar surface area (TPSA) is 78.9 Å². The van der Waals surface area contributed by atoms with E-state index in [2.05, 4.69) is 34.6 Å². The van der Waals surface area contributed by atoms with Crippen molar-refractivity contribution in [2.45, 2.75) is 317 Å². The predicted molar refractivity (Wildman–Crippen MR) is 266 cm³/mol. The molecule has 0 aromatic carbocycles. The average molecular weight is 877 g/mol. The van der Waals surface area contributed by atoms with Gasteiger partial charge in [0.15, 0.2) is 6.10 Å². The molecule has 0 saturated heterocycles. The second kappa shape index (κ2) is 48.9. The van der Waals surface area contributed by atoms with E-state index in [1.54, 1.807) is 0 Å². The molecule has 0 fully saturated rings. The first kappa shape index (κ1) is 60.4. The van der Waals surface area contributed by atoms with Crippen LogP contribution in [0.5, 0.6) is 0 Å². The molecule has 0 aromatic heterocycles. The maximum atomic E-state index is 12.8. The molecule has 0 bridgehead atoms. The first-order chi connectivity index (χ1) is 30.2. The molecule has 62 heavy (non-hydrogen) atoms. The van der Waals surface area contributed by atoms with E-state index in [0.29, 0.717) is 19.3 Å². The van der Waals surface area contributed by atoms with Crippen LogP contribution in [0.25, 0.3) is 0 Å².